The molecule has 2 aromatic heterocycles. The number of hydrogen-bond acceptors (Lipinski definition) is 4. The van der Waals surface area contributed by atoms with Gasteiger partial charge in [-0.2, -0.15) is 5.10 Å². The minimum atomic E-state index is -1.32. The van der Waals surface area contributed by atoms with Crippen molar-refractivity contribution in [1.29, 1.82) is 0 Å². The van der Waals surface area contributed by atoms with E-state index in [0.29, 0.717) is 6.54 Å². The molecule has 0 spiro atoms. The van der Waals surface area contributed by atoms with E-state index < -0.39 is 17.3 Å². The molecule has 2 rings (SSSR count). The van der Waals surface area contributed by atoms with Crippen LogP contribution in [0.4, 0.5) is 10.2 Å². The quantitative estimate of drug-likeness (QED) is 0.854. The number of hydrogen-bond donors (Lipinski definition) is 2. The number of carboxylic acid groups (broad SMARTS) is 1. The van der Waals surface area contributed by atoms with Crippen LogP contribution < -0.4 is 5.32 Å². The van der Waals surface area contributed by atoms with E-state index in [0.717, 1.165) is 11.6 Å². The van der Waals surface area contributed by atoms with E-state index in [-0.39, 0.29) is 5.82 Å². The van der Waals surface area contributed by atoms with Crippen LogP contribution in [0.15, 0.2) is 24.7 Å². The molecule has 0 amide bonds. The first kappa shape index (κ1) is 12.0. The summed E-state index contributed by atoms with van der Waals surface area (Å²) in [6, 6.07) is 1.12. The smallest absolute Gasteiger partial charge is 0.338 e. The van der Waals surface area contributed by atoms with Crippen molar-refractivity contribution in [3.8, 4) is 0 Å². The van der Waals surface area contributed by atoms with Crippen LogP contribution in [0.5, 0.6) is 0 Å². The Balaban J connectivity index is 2.14. The van der Waals surface area contributed by atoms with E-state index in [1.165, 1.54) is 6.20 Å². The van der Waals surface area contributed by atoms with Gasteiger partial charge in [-0.15, -0.1) is 0 Å². The molecule has 2 aromatic rings. The van der Waals surface area contributed by atoms with Crippen LogP contribution in [0.2, 0.25) is 0 Å². The van der Waals surface area contributed by atoms with Gasteiger partial charge in [0, 0.05) is 31.5 Å². The second-order valence-electron chi connectivity index (χ2n) is 3.70. The second-order valence-corrected chi connectivity index (χ2v) is 3.70. The lowest BCUT2D eigenvalue weighted by Crippen LogP contribution is -2.08. The van der Waals surface area contributed by atoms with Crippen molar-refractivity contribution >= 4 is 11.8 Å². The standard InChI is InChI=1S/C11H11FN4O2/c1-16-6-7(5-15-16)4-14-10-9(12)8(11(17)18)2-3-13-10/h2-3,5-6H,4H2,1H3,(H,13,14)(H,17,18). The Kier molecular flexibility index (Phi) is 3.22. The van der Waals surface area contributed by atoms with Gasteiger partial charge in [-0.05, 0) is 6.07 Å². The third-order valence-electron chi connectivity index (χ3n) is 2.34. The summed E-state index contributed by atoms with van der Waals surface area (Å²) in [6.07, 6.45) is 4.65. The summed E-state index contributed by atoms with van der Waals surface area (Å²) in [6.45, 7) is 0.320. The van der Waals surface area contributed by atoms with E-state index in [2.05, 4.69) is 15.4 Å². The average molecular weight is 250 g/mol. The maximum Gasteiger partial charge on any atom is 0.338 e. The fourth-order valence-electron chi connectivity index (χ4n) is 1.48. The lowest BCUT2D eigenvalue weighted by molar-refractivity contribution is 0.0692. The molecular formula is C11H11FN4O2. The zero-order valence-corrected chi connectivity index (χ0v) is 9.59. The van der Waals surface area contributed by atoms with Crippen LogP contribution in [0.1, 0.15) is 15.9 Å². The van der Waals surface area contributed by atoms with Crippen molar-refractivity contribution in [3.63, 3.8) is 0 Å². The highest BCUT2D eigenvalue weighted by Crippen LogP contribution is 2.15. The number of rotatable bonds is 4. The Hall–Kier alpha value is -2.44. The molecule has 0 bridgehead atoms. The molecule has 0 radical (unpaired) electrons. The van der Waals surface area contributed by atoms with Crippen molar-refractivity contribution in [2.45, 2.75) is 6.54 Å². The Morgan fingerprint density at radius 1 is 1.61 bits per heavy atom. The van der Waals surface area contributed by atoms with Gasteiger partial charge >= 0.3 is 5.97 Å². The first-order chi connectivity index (χ1) is 8.58. The van der Waals surface area contributed by atoms with Crippen molar-refractivity contribution in [1.82, 2.24) is 14.8 Å². The number of anilines is 1. The van der Waals surface area contributed by atoms with Gasteiger partial charge in [-0.25, -0.2) is 14.2 Å². The summed E-state index contributed by atoms with van der Waals surface area (Å²) in [4.78, 5) is 14.5. The van der Waals surface area contributed by atoms with Crippen LogP contribution in [-0.2, 0) is 13.6 Å². The van der Waals surface area contributed by atoms with E-state index in [9.17, 15) is 9.18 Å². The fourth-order valence-corrected chi connectivity index (χ4v) is 1.48. The van der Waals surface area contributed by atoms with Gasteiger partial charge < -0.3 is 10.4 Å². The molecule has 0 aliphatic rings. The summed E-state index contributed by atoms with van der Waals surface area (Å²) in [5.41, 5.74) is 0.443. The molecule has 6 nitrogen and oxygen atoms in total. The monoisotopic (exact) mass is 250 g/mol. The van der Waals surface area contributed by atoms with Gasteiger partial charge in [0.05, 0.1) is 6.20 Å². The first-order valence-corrected chi connectivity index (χ1v) is 5.17. The van der Waals surface area contributed by atoms with Gasteiger partial charge in [0.25, 0.3) is 0 Å². The van der Waals surface area contributed by atoms with Crippen molar-refractivity contribution < 1.29 is 14.3 Å². The number of nitrogens with zero attached hydrogens (tertiary/aromatic N) is 3. The molecule has 0 fully saturated rings. The molecule has 0 saturated carbocycles. The minimum absolute atomic E-state index is 0.0845. The zero-order chi connectivity index (χ0) is 13.1. The highest BCUT2D eigenvalue weighted by Gasteiger charge is 2.14. The lowest BCUT2D eigenvalue weighted by atomic mass is 10.2. The summed E-state index contributed by atoms with van der Waals surface area (Å²) in [5, 5.41) is 15.5. The van der Waals surface area contributed by atoms with Gasteiger partial charge in [0.15, 0.2) is 11.6 Å². The fraction of sp³-hybridized carbons (Fsp3) is 0.182. The molecule has 94 valence electrons. The SMILES string of the molecule is Cn1cc(CNc2nccc(C(=O)O)c2F)cn1. The average Bonchev–Trinajstić information content (AvgIpc) is 2.73. The van der Waals surface area contributed by atoms with Crippen molar-refractivity contribution in [2.75, 3.05) is 5.32 Å². The second kappa shape index (κ2) is 4.82. The predicted octanol–water partition coefficient (Wildman–Crippen LogP) is 1.26. The number of aromatic nitrogens is 3. The zero-order valence-electron chi connectivity index (χ0n) is 9.59. The van der Waals surface area contributed by atoms with E-state index >= 15 is 0 Å². The molecule has 0 atom stereocenters. The Morgan fingerprint density at radius 3 is 3.00 bits per heavy atom. The summed E-state index contributed by atoms with van der Waals surface area (Å²) < 4.78 is 15.3. The van der Waals surface area contributed by atoms with Crippen LogP contribution in [0.25, 0.3) is 0 Å². The molecule has 0 unspecified atom stereocenters. The molecule has 0 aromatic carbocycles. The molecule has 0 saturated heterocycles. The Labute approximate surface area is 102 Å². The Morgan fingerprint density at radius 2 is 2.39 bits per heavy atom. The normalized spacial score (nSPS) is 10.3. The van der Waals surface area contributed by atoms with Gasteiger partial charge in [0.2, 0.25) is 0 Å². The molecule has 0 aliphatic heterocycles. The molecule has 2 heterocycles. The van der Waals surface area contributed by atoms with Gasteiger partial charge in [-0.1, -0.05) is 0 Å². The van der Waals surface area contributed by atoms with Gasteiger partial charge in [0.1, 0.15) is 5.56 Å². The highest BCUT2D eigenvalue weighted by molar-refractivity contribution is 5.88. The van der Waals surface area contributed by atoms with Crippen LogP contribution in [0, 0.1) is 5.82 Å². The van der Waals surface area contributed by atoms with Gasteiger partial charge in [-0.3, -0.25) is 4.68 Å². The summed E-state index contributed by atoms with van der Waals surface area (Å²) in [7, 11) is 1.77. The van der Waals surface area contributed by atoms with E-state index in [4.69, 9.17) is 5.11 Å². The number of carboxylic acids is 1. The van der Waals surface area contributed by atoms with E-state index in [1.54, 1.807) is 24.1 Å². The third kappa shape index (κ3) is 2.45. The molecule has 7 heteroatoms. The van der Waals surface area contributed by atoms with Crippen molar-refractivity contribution in [3.05, 3.63) is 41.6 Å². The largest absolute Gasteiger partial charge is 0.478 e. The minimum Gasteiger partial charge on any atom is -0.478 e. The number of halogens is 1. The van der Waals surface area contributed by atoms with E-state index in [1.807, 2.05) is 0 Å². The highest BCUT2D eigenvalue weighted by atomic mass is 19.1. The molecular weight excluding hydrogens is 239 g/mol. The third-order valence-corrected chi connectivity index (χ3v) is 2.34. The topological polar surface area (TPSA) is 80.0 Å². The van der Waals surface area contributed by atoms with Crippen LogP contribution >= 0.6 is 0 Å². The predicted molar refractivity (Wildman–Crippen MR) is 61.7 cm³/mol. The number of nitrogens with one attached hydrogen (secondary N) is 1. The number of aromatic carboxylic acids is 1. The van der Waals surface area contributed by atoms with Crippen molar-refractivity contribution in [2.24, 2.45) is 7.05 Å². The molecule has 0 aliphatic carbocycles. The first-order valence-electron chi connectivity index (χ1n) is 5.17. The maximum atomic E-state index is 13.7. The Bertz CT molecular complexity index is 582. The van der Waals surface area contributed by atoms with Crippen LogP contribution in [0.3, 0.4) is 0 Å². The summed E-state index contributed by atoms with van der Waals surface area (Å²) >= 11 is 0. The molecule has 18 heavy (non-hydrogen) atoms. The number of aryl methyl sites for hydroxylation is 1. The number of carbonyl (C=O) groups is 1. The molecule has 2 N–H and O–H groups in total. The van der Waals surface area contributed by atoms with Crippen LogP contribution in [-0.4, -0.2) is 25.8 Å². The number of pyridine rings is 1. The lowest BCUT2D eigenvalue weighted by Gasteiger charge is -2.06. The summed E-state index contributed by atoms with van der Waals surface area (Å²) in [5.74, 6) is -2.27. The maximum absolute atomic E-state index is 13.7.